The molecular weight excluding hydrogens is 174 g/mol. The Balaban J connectivity index is 2.16. The van der Waals surface area contributed by atoms with Gasteiger partial charge >= 0.3 is 0 Å². The molecule has 0 aliphatic heterocycles. The Kier molecular flexibility index (Phi) is 5.27. The van der Waals surface area contributed by atoms with Gasteiger partial charge < -0.3 is 10.5 Å². The highest BCUT2D eigenvalue weighted by Gasteiger charge is 1.99. The summed E-state index contributed by atoms with van der Waals surface area (Å²) in [6, 6.07) is 10.4. The van der Waals surface area contributed by atoms with Crippen molar-refractivity contribution in [1.29, 1.82) is 0 Å². The van der Waals surface area contributed by atoms with Crippen molar-refractivity contribution in [3.63, 3.8) is 0 Å². The summed E-state index contributed by atoms with van der Waals surface area (Å²) in [5, 5.41) is 0. The van der Waals surface area contributed by atoms with E-state index in [1.165, 1.54) is 5.56 Å². The molecule has 0 fully saturated rings. The molecule has 0 aliphatic carbocycles. The molecule has 0 heterocycles. The van der Waals surface area contributed by atoms with Crippen LogP contribution in [0.5, 0.6) is 0 Å². The van der Waals surface area contributed by atoms with E-state index in [0.717, 1.165) is 19.4 Å². The molecule has 2 heteroatoms. The predicted molar refractivity (Wildman–Crippen MR) is 59.2 cm³/mol. The van der Waals surface area contributed by atoms with Gasteiger partial charge in [-0.1, -0.05) is 30.3 Å². The van der Waals surface area contributed by atoms with Crippen LogP contribution in [0, 0.1) is 0 Å². The first-order valence-electron chi connectivity index (χ1n) is 5.18. The molecule has 1 unspecified atom stereocenters. The summed E-state index contributed by atoms with van der Waals surface area (Å²) in [6.45, 7) is 3.55. The molecule has 1 aromatic carbocycles. The van der Waals surface area contributed by atoms with Gasteiger partial charge in [-0.2, -0.15) is 0 Å². The number of ether oxygens (including phenoxy) is 1. The van der Waals surface area contributed by atoms with E-state index in [9.17, 15) is 0 Å². The number of hydrogen-bond donors (Lipinski definition) is 1. The largest absolute Gasteiger partial charge is 0.378 e. The normalized spacial score (nSPS) is 12.7. The van der Waals surface area contributed by atoms with Crippen LogP contribution in [0.4, 0.5) is 0 Å². The Hall–Kier alpha value is -0.860. The van der Waals surface area contributed by atoms with Crippen LogP contribution in [0.1, 0.15) is 18.9 Å². The minimum absolute atomic E-state index is 0.281. The number of benzene rings is 1. The van der Waals surface area contributed by atoms with E-state index in [2.05, 4.69) is 31.2 Å². The molecule has 0 aromatic heterocycles. The van der Waals surface area contributed by atoms with Gasteiger partial charge in [-0.25, -0.2) is 0 Å². The summed E-state index contributed by atoms with van der Waals surface area (Å²) in [6.07, 6.45) is 2.20. The third-order valence-electron chi connectivity index (χ3n) is 2.21. The van der Waals surface area contributed by atoms with Gasteiger partial charge in [-0.15, -0.1) is 0 Å². The molecule has 0 amide bonds. The van der Waals surface area contributed by atoms with E-state index < -0.39 is 0 Å². The number of rotatable bonds is 6. The van der Waals surface area contributed by atoms with Crippen molar-refractivity contribution in [2.45, 2.75) is 25.9 Å². The number of hydrogen-bond acceptors (Lipinski definition) is 2. The van der Waals surface area contributed by atoms with Gasteiger partial charge in [-0.05, 0) is 31.9 Å². The Morgan fingerprint density at radius 3 is 2.64 bits per heavy atom. The summed E-state index contributed by atoms with van der Waals surface area (Å²) < 4.78 is 5.61. The van der Waals surface area contributed by atoms with Crippen LogP contribution >= 0.6 is 0 Å². The lowest BCUT2D eigenvalue weighted by atomic mass is 10.2. The maximum atomic E-state index is 5.61. The lowest BCUT2D eigenvalue weighted by molar-refractivity contribution is 0.0642. The molecule has 0 saturated heterocycles. The molecule has 0 radical (unpaired) electrons. The van der Waals surface area contributed by atoms with Gasteiger partial charge in [0.25, 0.3) is 0 Å². The maximum Gasteiger partial charge on any atom is 0.0559 e. The van der Waals surface area contributed by atoms with Gasteiger partial charge in [0.15, 0.2) is 0 Å². The minimum atomic E-state index is 0.281. The molecule has 14 heavy (non-hydrogen) atoms. The van der Waals surface area contributed by atoms with Crippen LogP contribution in [0.15, 0.2) is 30.3 Å². The monoisotopic (exact) mass is 193 g/mol. The first-order valence-corrected chi connectivity index (χ1v) is 5.18. The zero-order chi connectivity index (χ0) is 10.2. The van der Waals surface area contributed by atoms with Crippen molar-refractivity contribution < 1.29 is 4.74 Å². The molecular formula is C12H19NO. The Morgan fingerprint density at radius 2 is 2.00 bits per heavy atom. The van der Waals surface area contributed by atoms with E-state index in [-0.39, 0.29) is 6.10 Å². The van der Waals surface area contributed by atoms with Crippen LogP contribution in [0.2, 0.25) is 0 Å². The molecule has 0 saturated carbocycles. The average Bonchev–Trinajstić information content (AvgIpc) is 2.20. The highest BCUT2D eigenvalue weighted by atomic mass is 16.5. The Bertz CT molecular complexity index is 235. The van der Waals surface area contributed by atoms with Crippen LogP contribution in [0.25, 0.3) is 0 Å². The fourth-order valence-electron chi connectivity index (χ4n) is 1.34. The van der Waals surface area contributed by atoms with E-state index in [1.807, 2.05) is 6.07 Å². The van der Waals surface area contributed by atoms with Crippen LogP contribution < -0.4 is 5.73 Å². The zero-order valence-electron chi connectivity index (χ0n) is 8.78. The van der Waals surface area contributed by atoms with Gasteiger partial charge in [-0.3, -0.25) is 0 Å². The third kappa shape index (κ3) is 4.40. The lowest BCUT2D eigenvalue weighted by Gasteiger charge is -2.11. The van der Waals surface area contributed by atoms with Crippen molar-refractivity contribution in [1.82, 2.24) is 0 Å². The van der Waals surface area contributed by atoms with E-state index in [4.69, 9.17) is 10.5 Å². The minimum Gasteiger partial charge on any atom is -0.378 e. The molecule has 1 atom stereocenters. The first kappa shape index (κ1) is 11.2. The predicted octanol–water partition coefficient (Wildman–Crippen LogP) is 1.98. The lowest BCUT2D eigenvalue weighted by Crippen LogP contribution is -2.15. The second-order valence-corrected chi connectivity index (χ2v) is 3.49. The molecule has 2 N–H and O–H groups in total. The molecule has 2 nitrogen and oxygen atoms in total. The van der Waals surface area contributed by atoms with Crippen molar-refractivity contribution in [3.8, 4) is 0 Å². The zero-order valence-corrected chi connectivity index (χ0v) is 8.78. The topological polar surface area (TPSA) is 35.2 Å². The fourth-order valence-corrected chi connectivity index (χ4v) is 1.34. The first-order chi connectivity index (χ1) is 6.83. The molecule has 1 rings (SSSR count). The third-order valence-corrected chi connectivity index (χ3v) is 2.21. The Labute approximate surface area is 86.1 Å². The summed E-state index contributed by atoms with van der Waals surface area (Å²) in [5.74, 6) is 0. The Morgan fingerprint density at radius 1 is 1.29 bits per heavy atom. The van der Waals surface area contributed by atoms with Crippen molar-refractivity contribution >= 4 is 0 Å². The molecule has 0 spiro atoms. The van der Waals surface area contributed by atoms with Crippen LogP contribution in [0.3, 0.4) is 0 Å². The summed E-state index contributed by atoms with van der Waals surface area (Å²) in [7, 11) is 0. The van der Waals surface area contributed by atoms with E-state index in [1.54, 1.807) is 0 Å². The van der Waals surface area contributed by atoms with E-state index in [0.29, 0.717) is 6.54 Å². The molecule has 0 bridgehead atoms. The smallest absolute Gasteiger partial charge is 0.0559 e. The number of nitrogens with two attached hydrogens (primary N) is 1. The van der Waals surface area contributed by atoms with Crippen LogP contribution in [-0.4, -0.2) is 19.3 Å². The summed E-state index contributed by atoms with van der Waals surface area (Å²) in [4.78, 5) is 0. The van der Waals surface area contributed by atoms with Gasteiger partial charge in [0.1, 0.15) is 0 Å². The van der Waals surface area contributed by atoms with Crippen molar-refractivity contribution in [3.05, 3.63) is 35.9 Å². The fraction of sp³-hybridized carbons (Fsp3) is 0.500. The van der Waals surface area contributed by atoms with Crippen molar-refractivity contribution in [2.75, 3.05) is 13.2 Å². The van der Waals surface area contributed by atoms with Crippen LogP contribution in [-0.2, 0) is 11.2 Å². The second kappa shape index (κ2) is 6.57. The van der Waals surface area contributed by atoms with Crippen molar-refractivity contribution in [2.24, 2.45) is 5.73 Å². The average molecular weight is 193 g/mol. The molecule has 0 aliphatic rings. The quantitative estimate of drug-likeness (QED) is 0.749. The molecule has 1 aromatic rings. The summed E-state index contributed by atoms with van der Waals surface area (Å²) >= 11 is 0. The van der Waals surface area contributed by atoms with Gasteiger partial charge in [0.05, 0.1) is 12.7 Å². The second-order valence-electron chi connectivity index (χ2n) is 3.49. The van der Waals surface area contributed by atoms with Gasteiger partial charge in [0, 0.05) is 0 Å². The highest BCUT2D eigenvalue weighted by molar-refractivity contribution is 5.14. The summed E-state index contributed by atoms with van der Waals surface area (Å²) in [5.41, 5.74) is 6.76. The van der Waals surface area contributed by atoms with E-state index >= 15 is 0 Å². The van der Waals surface area contributed by atoms with Gasteiger partial charge in [0.2, 0.25) is 0 Å². The SMILES string of the molecule is CC(CCN)OCCc1ccccc1. The molecule has 78 valence electrons. The maximum absolute atomic E-state index is 5.61. The highest BCUT2D eigenvalue weighted by Crippen LogP contribution is 2.02. The standard InChI is InChI=1S/C12H19NO/c1-11(7-9-13)14-10-8-12-5-3-2-4-6-12/h2-6,11H,7-10,13H2,1H3.